The van der Waals surface area contributed by atoms with Crippen LogP contribution in [-0.4, -0.2) is 38.4 Å². The maximum atomic E-state index is 12.0. The summed E-state index contributed by atoms with van der Waals surface area (Å²) in [6, 6.07) is 0. The van der Waals surface area contributed by atoms with E-state index in [2.05, 4.69) is 13.8 Å². The molecule has 0 saturated heterocycles. The van der Waals surface area contributed by atoms with Crippen molar-refractivity contribution in [3.63, 3.8) is 0 Å². The third kappa shape index (κ3) is 13.7. The lowest BCUT2D eigenvalue weighted by atomic mass is 9.99. The summed E-state index contributed by atoms with van der Waals surface area (Å²) in [5.74, 6) is -0.254. The highest BCUT2D eigenvalue weighted by molar-refractivity contribution is 5.72. The van der Waals surface area contributed by atoms with Gasteiger partial charge in [-0.2, -0.15) is 0 Å². The third-order valence-corrected chi connectivity index (χ3v) is 4.91. The smallest absolute Gasteiger partial charge is 0.308 e. The van der Waals surface area contributed by atoms with Gasteiger partial charge in [-0.1, -0.05) is 66.2 Å². The minimum Gasteiger partial charge on any atom is -0.463 e. The van der Waals surface area contributed by atoms with Crippen LogP contribution in [0.15, 0.2) is 0 Å². The van der Waals surface area contributed by atoms with Gasteiger partial charge in [0.2, 0.25) is 0 Å². The molecule has 0 N–H and O–H groups in total. The molecule has 2 unspecified atom stereocenters. The lowest BCUT2D eigenvalue weighted by Gasteiger charge is -2.15. The molecule has 0 saturated carbocycles. The predicted molar refractivity (Wildman–Crippen MR) is 109 cm³/mol. The summed E-state index contributed by atoms with van der Waals surface area (Å²) in [6.07, 6.45) is 10.2. The summed E-state index contributed by atoms with van der Waals surface area (Å²) >= 11 is 0. The fourth-order valence-electron chi connectivity index (χ4n) is 3.00. The van der Waals surface area contributed by atoms with Crippen LogP contribution in [0.25, 0.3) is 0 Å². The van der Waals surface area contributed by atoms with Gasteiger partial charge in [0.1, 0.15) is 13.2 Å². The Morgan fingerprint density at radius 2 is 1.04 bits per heavy atom. The molecule has 0 aliphatic rings. The summed E-state index contributed by atoms with van der Waals surface area (Å²) in [7, 11) is 0. The van der Waals surface area contributed by atoms with E-state index in [-0.39, 0.29) is 37.0 Å². The molecule has 0 fully saturated rings. The maximum absolute atomic E-state index is 12.0. The monoisotopic (exact) mass is 386 g/mol. The summed E-state index contributed by atoms with van der Waals surface area (Å²) < 4.78 is 16.0. The van der Waals surface area contributed by atoms with Gasteiger partial charge in [-0.15, -0.1) is 0 Å². The minimum absolute atomic E-state index is 0.00353. The molecule has 0 rings (SSSR count). The van der Waals surface area contributed by atoms with Crippen LogP contribution in [0.2, 0.25) is 0 Å². The number of unbranched alkanes of at least 4 members (excludes halogenated alkanes) is 4. The van der Waals surface area contributed by atoms with Gasteiger partial charge < -0.3 is 14.2 Å². The molecule has 0 heterocycles. The van der Waals surface area contributed by atoms with E-state index in [0.29, 0.717) is 13.2 Å². The van der Waals surface area contributed by atoms with E-state index in [1.165, 1.54) is 0 Å². The molecule has 27 heavy (non-hydrogen) atoms. The number of hydrogen-bond donors (Lipinski definition) is 0. The maximum Gasteiger partial charge on any atom is 0.308 e. The zero-order valence-corrected chi connectivity index (χ0v) is 18.1. The van der Waals surface area contributed by atoms with Crippen molar-refractivity contribution in [1.82, 2.24) is 0 Å². The third-order valence-electron chi connectivity index (χ3n) is 4.91. The van der Waals surface area contributed by atoms with E-state index in [1.807, 2.05) is 13.8 Å². The predicted octanol–water partition coefficient (Wildman–Crippen LogP) is 5.30. The molecule has 0 aromatic rings. The Balaban J connectivity index is 3.74. The Morgan fingerprint density at radius 1 is 0.630 bits per heavy atom. The zero-order chi connectivity index (χ0) is 20.3. The molecule has 0 bridgehead atoms. The summed E-state index contributed by atoms with van der Waals surface area (Å²) in [6.45, 7) is 9.54. The number of esters is 2. The van der Waals surface area contributed by atoms with Crippen LogP contribution < -0.4 is 0 Å². The van der Waals surface area contributed by atoms with Gasteiger partial charge in [-0.05, 0) is 25.7 Å². The highest BCUT2D eigenvalue weighted by Gasteiger charge is 2.18. The van der Waals surface area contributed by atoms with E-state index in [1.54, 1.807) is 0 Å². The number of carbonyl (C=O) groups excluding carboxylic acids is 2. The number of carbonyl (C=O) groups is 2. The lowest BCUT2D eigenvalue weighted by molar-refractivity contribution is -0.152. The van der Waals surface area contributed by atoms with Crippen molar-refractivity contribution in [3.8, 4) is 0 Å². The highest BCUT2D eigenvalue weighted by atomic mass is 16.6. The second kappa shape index (κ2) is 18.3. The van der Waals surface area contributed by atoms with Crippen molar-refractivity contribution in [2.75, 3.05) is 26.4 Å². The molecule has 0 radical (unpaired) electrons. The average molecular weight is 387 g/mol. The summed E-state index contributed by atoms with van der Waals surface area (Å²) in [5, 5.41) is 0. The molecular weight excluding hydrogens is 344 g/mol. The summed E-state index contributed by atoms with van der Waals surface area (Å²) in [4.78, 5) is 24.0. The molecule has 0 aliphatic heterocycles. The first-order valence-corrected chi connectivity index (χ1v) is 11.0. The van der Waals surface area contributed by atoms with Gasteiger partial charge in [0.25, 0.3) is 0 Å². The zero-order valence-electron chi connectivity index (χ0n) is 18.1. The van der Waals surface area contributed by atoms with Crippen LogP contribution in [0.5, 0.6) is 0 Å². The molecule has 0 aromatic carbocycles. The van der Waals surface area contributed by atoms with Crippen LogP contribution >= 0.6 is 0 Å². The van der Waals surface area contributed by atoms with Crippen LogP contribution in [-0.2, 0) is 23.8 Å². The van der Waals surface area contributed by atoms with Gasteiger partial charge >= 0.3 is 11.9 Å². The normalized spacial score (nSPS) is 13.2. The van der Waals surface area contributed by atoms with Crippen molar-refractivity contribution >= 4 is 11.9 Å². The molecular formula is C22H42O5. The van der Waals surface area contributed by atoms with E-state index in [9.17, 15) is 9.59 Å². The van der Waals surface area contributed by atoms with Gasteiger partial charge in [-0.3, -0.25) is 9.59 Å². The number of hydrogen-bond acceptors (Lipinski definition) is 5. The van der Waals surface area contributed by atoms with Crippen LogP contribution in [0.3, 0.4) is 0 Å². The number of rotatable bonds is 18. The van der Waals surface area contributed by atoms with E-state index >= 15 is 0 Å². The Bertz CT molecular complexity index is 336. The van der Waals surface area contributed by atoms with E-state index in [0.717, 1.165) is 64.2 Å². The van der Waals surface area contributed by atoms with E-state index < -0.39 is 0 Å². The fraction of sp³-hybridized carbons (Fsp3) is 0.909. The largest absolute Gasteiger partial charge is 0.463 e. The topological polar surface area (TPSA) is 61.8 Å². The van der Waals surface area contributed by atoms with Crippen molar-refractivity contribution in [2.24, 2.45) is 11.8 Å². The van der Waals surface area contributed by atoms with Crippen LogP contribution in [0.4, 0.5) is 0 Å². The Labute approximate surface area is 166 Å². The molecule has 160 valence electrons. The van der Waals surface area contributed by atoms with Crippen LogP contribution in [0, 0.1) is 11.8 Å². The molecule has 0 spiro atoms. The number of ether oxygens (including phenoxy) is 3. The molecule has 0 aliphatic carbocycles. The first-order chi connectivity index (χ1) is 13.1. The van der Waals surface area contributed by atoms with Crippen LogP contribution in [0.1, 0.15) is 91.9 Å². The SMILES string of the molecule is CCCCCC(CC)C(=O)OCCOCCOC(=O)C(CC)CCCCC. The lowest BCUT2D eigenvalue weighted by Crippen LogP contribution is -2.21. The minimum atomic E-state index is -0.124. The molecule has 5 nitrogen and oxygen atoms in total. The second-order valence-electron chi connectivity index (χ2n) is 7.15. The van der Waals surface area contributed by atoms with Gasteiger partial charge in [0, 0.05) is 0 Å². The Kier molecular flexibility index (Phi) is 17.5. The Morgan fingerprint density at radius 3 is 1.37 bits per heavy atom. The fourth-order valence-corrected chi connectivity index (χ4v) is 3.00. The van der Waals surface area contributed by atoms with Crippen molar-refractivity contribution in [2.45, 2.75) is 91.9 Å². The van der Waals surface area contributed by atoms with Gasteiger partial charge in [0.05, 0.1) is 25.0 Å². The highest BCUT2D eigenvalue weighted by Crippen LogP contribution is 2.16. The first-order valence-electron chi connectivity index (χ1n) is 11.0. The standard InChI is InChI=1S/C22H42O5/c1-5-9-11-13-19(7-3)21(23)26-17-15-25-16-18-27-22(24)20(8-4)14-12-10-6-2/h19-20H,5-18H2,1-4H3. The second-order valence-corrected chi connectivity index (χ2v) is 7.15. The first kappa shape index (κ1) is 25.9. The van der Waals surface area contributed by atoms with Crippen molar-refractivity contribution in [1.29, 1.82) is 0 Å². The molecule has 0 aromatic heterocycles. The van der Waals surface area contributed by atoms with E-state index in [4.69, 9.17) is 14.2 Å². The van der Waals surface area contributed by atoms with Crippen molar-refractivity contribution < 1.29 is 23.8 Å². The Hall–Kier alpha value is -1.10. The van der Waals surface area contributed by atoms with Gasteiger partial charge in [-0.25, -0.2) is 0 Å². The van der Waals surface area contributed by atoms with Crippen molar-refractivity contribution in [3.05, 3.63) is 0 Å². The van der Waals surface area contributed by atoms with Gasteiger partial charge in [0.15, 0.2) is 0 Å². The molecule has 2 atom stereocenters. The quantitative estimate of drug-likeness (QED) is 0.236. The molecule has 0 amide bonds. The average Bonchev–Trinajstić information content (AvgIpc) is 2.67. The summed E-state index contributed by atoms with van der Waals surface area (Å²) in [5.41, 5.74) is 0. The molecule has 5 heteroatoms.